The van der Waals surface area contributed by atoms with Gasteiger partial charge in [-0.15, -0.1) is 0 Å². The molecular formula is C30H28O6. The molecule has 184 valence electrons. The molecule has 0 heterocycles. The summed E-state index contributed by atoms with van der Waals surface area (Å²) in [6, 6.07) is 28.1. The third-order valence-corrected chi connectivity index (χ3v) is 5.01. The molecule has 1 unspecified atom stereocenters. The van der Waals surface area contributed by atoms with Gasteiger partial charge >= 0.3 is 17.9 Å². The molecule has 0 amide bonds. The maximum atomic E-state index is 12.3. The minimum Gasteiger partial charge on any atom is -0.462 e. The molecule has 0 bridgehead atoms. The summed E-state index contributed by atoms with van der Waals surface area (Å²) in [5, 5.41) is 0. The van der Waals surface area contributed by atoms with Gasteiger partial charge < -0.3 is 14.2 Å². The molecule has 3 aromatic rings. The average Bonchev–Trinajstić information content (AvgIpc) is 2.92. The quantitative estimate of drug-likeness (QED) is 0.204. The molecule has 3 aromatic carbocycles. The van der Waals surface area contributed by atoms with Crippen LogP contribution in [0.1, 0.15) is 23.1 Å². The van der Waals surface area contributed by atoms with Crippen LogP contribution in [0.5, 0.6) is 0 Å². The van der Waals surface area contributed by atoms with Crippen molar-refractivity contribution in [1.29, 1.82) is 0 Å². The molecule has 0 N–H and O–H groups in total. The fourth-order valence-corrected chi connectivity index (χ4v) is 3.15. The predicted octanol–water partition coefficient (Wildman–Crippen LogP) is 5.04. The number of ether oxygens (including phenoxy) is 3. The van der Waals surface area contributed by atoms with Crippen LogP contribution in [0.15, 0.2) is 103 Å². The molecule has 0 fully saturated rings. The Balaban J connectivity index is 1.53. The molecule has 1 atom stereocenters. The van der Waals surface area contributed by atoms with Crippen molar-refractivity contribution in [3.63, 3.8) is 0 Å². The lowest BCUT2D eigenvalue weighted by molar-refractivity contribution is -0.162. The molecule has 0 radical (unpaired) electrons. The van der Waals surface area contributed by atoms with Gasteiger partial charge in [-0.2, -0.15) is 0 Å². The Kier molecular flexibility index (Phi) is 10.7. The second-order valence-corrected chi connectivity index (χ2v) is 7.85. The Morgan fingerprint density at radius 2 is 1.14 bits per heavy atom. The van der Waals surface area contributed by atoms with Crippen molar-refractivity contribution in [2.24, 2.45) is 0 Å². The lowest BCUT2D eigenvalue weighted by Gasteiger charge is -2.17. The van der Waals surface area contributed by atoms with E-state index in [4.69, 9.17) is 14.2 Å². The van der Waals surface area contributed by atoms with E-state index in [-0.39, 0.29) is 19.6 Å². The van der Waals surface area contributed by atoms with Gasteiger partial charge in [-0.1, -0.05) is 91.0 Å². The van der Waals surface area contributed by atoms with Crippen LogP contribution in [-0.2, 0) is 35.0 Å². The molecule has 0 saturated carbocycles. The first-order chi connectivity index (χ1) is 17.6. The van der Waals surface area contributed by atoms with Crippen molar-refractivity contribution in [2.75, 3.05) is 13.2 Å². The highest BCUT2D eigenvalue weighted by atomic mass is 16.6. The second-order valence-electron chi connectivity index (χ2n) is 7.85. The Labute approximate surface area is 210 Å². The number of hydrogen-bond acceptors (Lipinski definition) is 6. The SMILES string of the molecule is O=C(/C=C/c1ccccc1)OCC(COC(=O)CCc1ccccc1)OC(=O)/C=C/c1ccccc1. The van der Waals surface area contributed by atoms with Crippen molar-refractivity contribution in [3.8, 4) is 0 Å². The zero-order valence-corrected chi connectivity index (χ0v) is 19.8. The third kappa shape index (κ3) is 10.2. The van der Waals surface area contributed by atoms with Gasteiger partial charge in [0.15, 0.2) is 6.10 Å². The van der Waals surface area contributed by atoms with E-state index in [0.29, 0.717) is 6.42 Å². The monoisotopic (exact) mass is 484 g/mol. The topological polar surface area (TPSA) is 78.9 Å². The average molecular weight is 485 g/mol. The van der Waals surface area contributed by atoms with E-state index in [1.165, 1.54) is 12.2 Å². The van der Waals surface area contributed by atoms with Crippen LogP contribution in [0.25, 0.3) is 12.2 Å². The standard InChI is InChI=1S/C30H28O6/c31-28(19-16-24-10-4-1-5-11-24)34-22-27(36-30(33)21-18-26-14-8-3-9-15-26)23-35-29(32)20-17-25-12-6-2-7-13-25/h1-16,18-19,21,27H,17,20,22-23H2/b19-16+,21-18+. The minimum atomic E-state index is -0.951. The van der Waals surface area contributed by atoms with Crippen LogP contribution in [0, 0.1) is 0 Å². The van der Waals surface area contributed by atoms with E-state index in [0.717, 1.165) is 16.7 Å². The third-order valence-electron chi connectivity index (χ3n) is 5.01. The fraction of sp³-hybridized carbons (Fsp3) is 0.167. The molecule has 36 heavy (non-hydrogen) atoms. The van der Waals surface area contributed by atoms with Gasteiger partial charge in [-0.25, -0.2) is 9.59 Å². The predicted molar refractivity (Wildman–Crippen MR) is 138 cm³/mol. The number of esters is 3. The summed E-state index contributed by atoms with van der Waals surface area (Å²) in [6.07, 6.45) is 5.55. The fourth-order valence-electron chi connectivity index (χ4n) is 3.15. The highest BCUT2D eigenvalue weighted by Crippen LogP contribution is 2.07. The minimum absolute atomic E-state index is 0.179. The van der Waals surface area contributed by atoms with Crippen molar-refractivity contribution in [1.82, 2.24) is 0 Å². The summed E-state index contributed by atoms with van der Waals surface area (Å²) in [6.45, 7) is -0.483. The lowest BCUT2D eigenvalue weighted by atomic mass is 10.1. The van der Waals surface area contributed by atoms with E-state index in [1.807, 2.05) is 91.0 Å². The van der Waals surface area contributed by atoms with Gasteiger partial charge in [-0.05, 0) is 35.3 Å². The molecule has 0 aliphatic rings. The zero-order chi connectivity index (χ0) is 25.4. The molecule has 0 aliphatic heterocycles. The van der Waals surface area contributed by atoms with Gasteiger partial charge in [0.25, 0.3) is 0 Å². The lowest BCUT2D eigenvalue weighted by Crippen LogP contribution is -2.30. The molecule has 0 saturated heterocycles. The van der Waals surface area contributed by atoms with Gasteiger partial charge in [0.1, 0.15) is 13.2 Å². The van der Waals surface area contributed by atoms with Crippen LogP contribution >= 0.6 is 0 Å². The van der Waals surface area contributed by atoms with Crippen LogP contribution in [0.3, 0.4) is 0 Å². The van der Waals surface area contributed by atoms with E-state index in [1.54, 1.807) is 12.2 Å². The first-order valence-electron chi connectivity index (χ1n) is 11.6. The number of aryl methyl sites for hydroxylation is 1. The first kappa shape index (κ1) is 26.2. The van der Waals surface area contributed by atoms with Crippen molar-refractivity contribution in [3.05, 3.63) is 120 Å². The number of carbonyl (C=O) groups excluding carboxylic acids is 3. The Bertz CT molecular complexity index is 1150. The molecule has 6 nitrogen and oxygen atoms in total. The highest BCUT2D eigenvalue weighted by Gasteiger charge is 2.18. The summed E-state index contributed by atoms with van der Waals surface area (Å²) in [7, 11) is 0. The van der Waals surface area contributed by atoms with Gasteiger partial charge in [0, 0.05) is 18.6 Å². The van der Waals surface area contributed by atoms with Crippen LogP contribution < -0.4 is 0 Å². The maximum absolute atomic E-state index is 12.3. The Hall–Kier alpha value is -4.45. The van der Waals surface area contributed by atoms with Crippen molar-refractivity contribution in [2.45, 2.75) is 18.9 Å². The summed E-state index contributed by atoms with van der Waals surface area (Å²) in [4.78, 5) is 36.7. The number of benzene rings is 3. The number of rotatable bonds is 12. The van der Waals surface area contributed by atoms with Crippen LogP contribution in [0.2, 0.25) is 0 Å². The molecular weight excluding hydrogens is 456 g/mol. The van der Waals surface area contributed by atoms with Gasteiger partial charge in [-0.3, -0.25) is 4.79 Å². The van der Waals surface area contributed by atoms with E-state index in [9.17, 15) is 14.4 Å². The number of carbonyl (C=O) groups is 3. The van der Waals surface area contributed by atoms with E-state index in [2.05, 4.69) is 0 Å². The summed E-state index contributed by atoms with van der Waals surface area (Å²) < 4.78 is 15.9. The maximum Gasteiger partial charge on any atom is 0.331 e. The second kappa shape index (κ2) is 14.7. The summed E-state index contributed by atoms with van der Waals surface area (Å²) in [5.41, 5.74) is 2.69. The van der Waals surface area contributed by atoms with Crippen LogP contribution in [-0.4, -0.2) is 37.2 Å². The van der Waals surface area contributed by atoms with Crippen molar-refractivity contribution < 1.29 is 28.6 Å². The van der Waals surface area contributed by atoms with Crippen molar-refractivity contribution >= 4 is 30.1 Å². The van der Waals surface area contributed by atoms with Gasteiger partial charge in [0.2, 0.25) is 0 Å². The molecule has 3 rings (SSSR count). The Morgan fingerprint density at radius 1 is 0.639 bits per heavy atom. The first-order valence-corrected chi connectivity index (χ1v) is 11.6. The molecule has 0 aromatic heterocycles. The molecule has 6 heteroatoms. The van der Waals surface area contributed by atoms with Crippen LogP contribution in [0.4, 0.5) is 0 Å². The van der Waals surface area contributed by atoms with E-state index >= 15 is 0 Å². The molecule has 0 aliphatic carbocycles. The summed E-state index contributed by atoms with van der Waals surface area (Å²) >= 11 is 0. The number of hydrogen-bond donors (Lipinski definition) is 0. The summed E-state index contributed by atoms with van der Waals surface area (Å²) in [5.74, 6) is -1.68. The van der Waals surface area contributed by atoms with E-state index < -0.39 is 24.0 Å². The zero-order valence-electron chi connectivity index (χ0n) is 19.8. The highest BCUT2D eigenvalue weighted by molar-refractivity contribution is 5.88. The normalized spacial score (nSPS) is 11.8. The molecule has 0 spiro atoms. The smallest absolute Gasteiger partial charge is 0.331 e. The Morgan fingerprint density at radius 3 is 1.72 bits per heavy atom. The largest absolute Gasteiger partial charge is 0.462 e. The van der Waals surface area contributed by atoms with Gasteiger partial charge in [0.05, 0.1) is 0 Å².